The van der Waals surface area contributed by atoms with Gasteiger partial charge in [-0.3, -0.25) is 10.1 Å². The Morgan fingerprint density at radius 1 is 1.37 bits per heavy atom. The number of rotatable bonds is 3. The first-order valence-electron chi connectivity index (χ1n) is 5.20. The number of nitrogens with two attached hydrogens (primary N) is 1. The van der Waals surface area contributed by atoms with Gasteiger partial charge in [0.25, 0.3) is 0 Å². The number of nitrogen functional groups attached to an aromatic ring is 1. The van der Waals surface area contributed by atoms with Gasteiger partial charge in [-0.15, -0.1) is 0 Å². The van der Waals surface area contributed by atoms with Crippen LogP contribution in [0.3, 0.4) is 0 Å². The second kappa shape index (κ2) is 5.19. The minimum Gasteiger partial charge on any atom is -0.432 e. The Morgan fingerprint density at radius 2 is 2.05 bits per heavy atom. The molecule has 7 nitrogen and oxygen atoms in total. The third kappa shape index (κ3) is 2.79. The molecule has 1 heterocycles. The van der Waals surface area contributed by atoms with Gasteiger partial charge in [-0.05, 0) is 35.0 Å². The summed E-state index contributed by atoms with van der Waals surface area (Å²) in [7, 11) is 0. The molecule has 1 aromatic carbocycles. The van der Waals surface area contributed by atoms with Crippen molar-refractivity contribution in [1.29, 1.82) is 0 Å². The Kier molecular flexibility index (Phi) is 3.61. The van der Waals surface area contributed by atoms with Crippen molar-refractivity contribution in [3.8, 4) is 11.6 Å². The smallest absolute Gasteiger partial charge is 0.352 e. The number of benzene rings is 1. The predicted molar refractivity (Wildman–Crippen MR) is 72.1 cm³/mol. The maximum absolute atomic E-state index is 11.0. The second-order valence-electron chi connectivity index (χ2n) is 3.61. The highest BCUT2D eigenvalue weighted by Gasteiger charge is 2.24. The number of hydrogen-bond acceptors (Lipinski definition) is 6. The lowest BCUT2D eigenvalue weighted by molar-refractivity contribution is -0.386. The van der Waals surface area contributed by atoms with Crippen molar-refractivity contribution in [2.24, 2.45) is 0 Å². The lowest BCUT2D eigenvalue weighted by atomic mass is 10.3. The fraction of sp³-hybridized carbons (Fsp3) is 0.0909. The number of aryl methyl sites for hydroxylation is 1. The maximum atomic E-state index is 11.0. The maximum Gasteiger partial charge on any atom is 0.352 e. The summed E-state index contributed by atoms with van der Waals surface area (Å²) in [5.41, 5.74) is 5.34. The molecule has 0 atom stereocenters. The van der Waals surface area contributed by atoms with Gasteiger partial charge in [0.1, 0.15) is 11.4 Å². The van der Waals surface area contributed by atoms with Crippen molar-refractivity contribution < 1.29 is 9.66 Å². The quantitative estimate of drug-likeness (QED) is 0.687. The van der Waals surface area contributed by atoms with E-state index in [0.29, 0.717) is 10.2 Å². The molecule has 0 aliphatic heterocycles. The Morgan fingerprint density at radius 3 is 2.68 bits per heavy atom. The molecule has 0 spiro atoms. The highest BCUT2D eigenvalue weighted by molar-refractivity contribution is 9.10. The van der Waals surface area contributed by atoms with Crippen LogP contribution in [-0.4, -0.2) is 14.9 Å². The highest BCUT2D eigenvalue weighted by atomic mass is 79.9. The molecule has 0 saturated heterocycles. The van der Waals surface area contributed by atoms with Crippen LogP contribution in [0.25, 0.3) is 0 Å². The average molecular weight is 325 g/mol. The predicted octanol–water partition coefficient (Wildman–Crippen LogP) is 2.83. The number of ether oxygens (including phenoxy) is 1. The first kappa shape index (κ1) is 13.2. The number of halogens is 1. The molecule has 0 radical (unpaired) electrons. The largest absolute Gasteiger partial charge is 0.432 e. The molecule has 2 aromatic rings. The minimum absolute atomic E-state index is 0.0786. The monoisotopic (exact) mass is 324 g/mol. The van der Waals surface area contributed by atoms with Gasteiger partial charge in [0.2, 0.25) is 5.95 Å². The molecule has 1 aromatic heterocycles. The molecular formula is C11H9BrN4O3. The first-order valence-corrected chi connectivity index (χ1v) is 5.99. The van der Waals surface area contributed by atoms with Gasteiger partial charge in [0.05, 0.1) is 9.40 Å². The van der Waals surface area contributed by atoms with Crippen molar-refractivity contribution in [3.63, 3.8) is 0 Å². The van der Waals surface area contributed by atoms with E-state index in [4.69, 9.17) is 10.5 Å². The number of aromatic nitrogens is 2. The fourth-order valence-corrected chi connectivity index (χ4v) is 1.84. The number of hydrogen-bond donors (Lipinski definition) is 1. The Hall–Kier alpha value is -2.22. The van der Waals surface area contributed by atoms with Crippen LogP contribution in [0.15, 0.2) is 28.7 Å². The number of nitrogens with zero attached hydrogens (tertiary/aromatic N) is 3. The number of anilines is 1. The summed E-state index contributed by atoms with van der Waals surface area (Å²) in [4.78, 5) is 18.0. The van der Waals surface area contributed by atoms with Crippen LogP contribution in [0.2, 0.25) is 0 Å². The molecule has 0 fully saturated rings. The Bertz CT molecular complexity index is 648. The fourth-order valence-electron chi connectivity index (χ4n) is 1.47. The van der Waals surface area contributed by atoms with E-state index in [1.165, 1.54) is 6.92 Å². The topological polar surface area (TPSA) is 104 Å². The van der Waals surface area contributed by atoms with E-state index in [1.807, 2.05) is 0 Å². The Labute approximate surface area is 116 Å². The van der Waals surface area contributed by atoms with Crippen molar-refractivity contribution in [3.05, 3.63) is 44.5 Å². The van der Waals surface area contributed by atoms with Crippen LogP contribution < -0.4 is 10.5 Å². The summed E-state index contributed by atoms with van der Waals surface area (Å²) in [6.45, 7) is 1.48. The van der Waals surface area contributed by atoms with Crippen molar-refractivity contribution in [2.45, 2.75) is 6.92 Å². The van der Waals surface area contributed by atoms with Crippen LogP contribution in [0.4, 0.5) is 11.6 Å². The molecule has 2 N–H and O–H groups in total. The molecule has 0 unspecified atom stereocenters. The third-order valence-electron chi connectivity index (χ3n) is 2.27. The summed E-state index contributed by atoms with van der Waals surface area (Å²) in [5, 5.41) is 11.0. The number of nitro groups is 1. The van der Waals surface area contributed by atoms with E-state index < -0.39 is 4.92 Å². The summed E-state index contributed by atoms with van der Waals surface area (Å²) in [6, 6.07) is 6.94. The van der Waals surface area contributed by atoms with Crippen molar-refractivity contribution in [2.75, 3.05) is 5.73 Å². The molecule has 8 heteroatoms. The lowest BCUT2D eigenvalue weighted by Crippen LogP contribution is -2.04. The van der Waals surface area contributed by atoms with Gasteiger partial charge >= 0.3 is 11.6 Å². The average Bonchev–Trinajstić information content (AvgIpc) is 2.30. The van der Waals surface area contributed by atoms with Gasteiger partial charge in [-0.2, -0.15) is 4.98 Å². The number of para-hydroxylation sites is 1. The third-order valence-corrected chi connectivity index (χ3v) is 2.92. The van der Waals surface area contributed by atoms with E-state index in [1.54, 1.807) is 24.3 Å². The summed E-state index contributed by atoms with van der Waals surface area (Å²) in [6.07, 6.45) is 0. The molecule has 0 amide bonds. The minimum atomic E-state index is -0.596. The van der Waals surface area contributed by atoms with Crippen molar-refractivity contribution >= 4 is 27.6 Å². The van der Waals surface area contributed by atoms with E-state index in [9.17, 15) is 10.1 Å². The molecule has 0 aliphatic rings. The molecule has 98 valence electrons. The molecule has 2 rings (SSSR count). The summed E-state index contributed by atoms with van der Waals surface area (Å²) < 4.78 is 6.10. The van der Waals surface area contributed by atoms with Crippen LogP contribution in [-0.2, 0) is 0 Å². The van der Waals surface area contributed by atoms with E-state index >= 15 is 0 Å². The van der Waals surface area contributed by atoms with Gasteiger partial charge in [-0.1, -0.05) is 12.1 Å². The van der Waals surface area contributed by atoms with Crippen LogP contribution in [0, 0.1) is 17.0 Å². The van der Waals surface area contributed by atoms with Gasteiger partial charge in [0, 0.05) is 0 Å². The van der Waals surface area contributed by atoms with E-state index in [-0.39, 0.29) is 23.2 Å². The zero-order valence-electron chi connectivity index (χ0n) is 9.83. The molecular weight excluding hydrogens is 316 g/mol. The second-order valence-corrected chi connectivity index (χ2v) is 4.46. The van der Waals surface area contributed by atoms with Crippen LogP contribution in [0.1, 0.15) is 5.69 Å². The first-order chi connectivity index (χ1) is 8.99. The summed E-state index contributed by atoms with van der Waals surface area (Å²) >= 11 is 3.28. The lowest BCUT2D eigenvalue weighted by Gasteiger charge is -2.08. The van der Waals surface area contributed by atoms with E-state index in [2.05, 4.69) is 25.9 Å². The standard InChI is InChI=1S/C11H9BrN4O3/c1-6-9(16(17)18)10(15-11(13)14-6)19-8-5-3-2-4-7(8)12/h2-5H,1H3,(H2,13,14,15). The Balaban J connectivity index is 2.51. The zero-order chi connectivity index (χ0) is 14.0. The molecule has 0 aliphatic carbocycles. The molecule has 0 bridgehead atoms. The van der Waals surface area contributed by atoms with Crippen LogP contribution in [0.5, 0.6) is 11.6 Å². The van der Waals surface area contributed by atoms with Gasteiger partial charge in [0.15, 0.2) is 0 Å². The van der Waals surface area contributed by atoms with Gasteiger partial charge in [-0.25, -0.2) is 4.98 Å². The molecule has 0 saturated carbocycles. The van der Waals surface area contributed by atoms with E-state index in [0.717, 1.165) is 0 Å². The van der Waals surface area contributed by atoms with Gasteiger partial charge < -0.3 is 10.5 Å². The zero-order valence-corrected chi connectivity index (χ0v) is 11.4. The highest BCUT2D eigenvalue weighted by Crippen LogP contribution is 2.34. The normalized spacial score (nSPS) is 10.2. The summed E-state index contributed by atoms with van der Waals surface area (Å²) in [5.74, 6) is 0.148. The SMILES string of the molecule is Cc1nc(N)nc(Oc2ccccc2Br)c1[N+](=O)[O-]. The van der Waals surface area contributed by atoms with Crippen LogP contribution >= 0.6 is 15.9 Å². The molecule has 19 heavy (non-hydrogen) atoms. The van der Waals surface area contributed by atoms with Crippen molar-refractivity contribution in [1.82, 2.24) is 9.97 Å².